The highest BCUT2D eigenvalue weighted by atomic mass is 19.1. The number of halogens is 1. The number of pyridine rings is 1. The number of nitrogens with zero attached hydrogens (tertiary/aromatic N) is 1. The summed E-state index contributed by atoms with van der Waals surface area (Å²) >= 11 is 0. The molecule has 0 fully saturated rings. The average Bonchev–Trinajstić information content (AvgIpc) is 2.45. The summed E-state index contributed by atoms with van der Waals surface area (Å²) in [6.45, 7) is 1.71. The van der Waals surface area contributed by atoms with Gasteiger partial charge in [-0.15, -0.1) is 0 Å². The molecule has 0 aliphatic carbocycles. The predicted molar refractivity (Wildman–Crippen MR) is 80.6 cm³/mol. The second-order valence-corrected chi connectivity index (χ2v) is 4.69. The topological polar surface area (TPSA) is 50.9 Å². The standard InChI is InChI=1S/C16H14FN3/c1-10-8-15(13(18)9-12(10)17)20-14-6-2-4-11-5-3-7-19-16(11)14/h2-9,20H,18H2,1H3. The molecule has 0 spiro atoms. The molecule has 0 bridgehead atoms. The van der Waals surface area contributed by atoms with Crippen molar-refractivity contribution in [3.8, 4) is 0 Å². The number of aryl methyl sites for hydroxylation is 1. The smallest absolute Gasteiger partial charge is 0.128 e. The Kier molecular flexibility index (Phi) is 2.99. The number of hydrogen-bond acceptors (Lipinski definition) is 3. The van der Waals surface area contributed by atoms with Gasteiger partial charge in [0.25, 0.3) is 0 Å². The number of nitrogens with two attached hydrogens (primary N) is 1. The Morgan fingerprint density at radius 1 is 1.10 bits per heavy atom. The van der Waals surface area contributed by atoms with Crippen LogP contribution in [-0.2, 0) is 0 Å². The second-order valence-electron chi connectivity index (χ2n) is 4.69. The summed E-state index contributed by atoms with van der Waals surface area (Å²) in [5, 5.41) is 4.27. The molecule has 1 aromatic heterocycles. The first-order valence-electron chi connectivity index (χ1n) is 6.31. The summed E-state index contributed by atoms with van der Waals surface area (Å²) in [6.07, 6.45) is 1.74. The third kappa shape index (κ3) is 2.16. The van der Waals surface area contributed by atoms with Crippen LogP contribution >= 0.6 is 0 Å². The van der Waals surface area contributed by atoms with Gasteiger partial charge in [-0.25, -0.2) is 4.39 Å². The molecular weight excluding hydrogens is 253 g/mol. The summed E-state index contributed by atoms with van der Waals surface area (Å²) < 4.78 is 13.4. The first kappa shape index (κ1) is 12.4. The molecule has 0 unspecified atom stereocenters. The molecule has 0 atom stereocenters. The fourth-order valence-corrected chi connectivity index (χ4v) is 2.16. The molecule has 20 heavy (non-hydrogen) atoms. The van der Waals surface area contributed by atoms with E-state index in [0.717, 1.165) is 16.6 Å². The number of hydrogen-bond donors (Lipinski definition) is 2. The zero-order valence-electron chi connectivity index (χ0n) is 11.0. The number of benzene rings is 2. The second kappa shape index (κ2) is 4.81. The maximum Gasteiger partial charge on any atom is 0.128 e. The maximum absolute atomic E-state index is 13.4. The van der Waals surface area contributed by atoms with Crippen molar-refractivity contribution in [1.82, 2.24) is 4.98 Å². The third-order valence-electron chi connectivity index (χ3n) is 3.23. The number of rotatable bonds is 2. The fraction of sp³-hybridized carbons (Fsp3) is 0.0625. The van der Waals surface area contributed by atoms with E-state index in [1.54, 1.807) is 19.2 Å². The van der Waals surface area contributed by atoms with Gasteiger partial charge in [0.05, 0.1) is 22.6 Å². The van der Waals surface area contributed by atoms with Crippen LogP contribution in [0.4, 0.5) is 21.5 Å². The summed E-state index contributed by atoms with van der Waals surface area (Å²) in [4.78, 5) is 4.37. The number of aromatic nitrogens is 1. The Labute approximate surface area is 116 Å². The Morgan fingerprint density at radius 2 is 1.90 bits per heavy atom. The lowest BCUT2D eigenvalue weighted by Gasteiger charge is -2.12. The van der Waals surface area contributed by atoms with E-state index in [1.807, 2.05) is 30.3 Å². The largest absolute Gasteiger partial charge is 0.397 e. The van der Waals surface area contributed by atoms with Crippen molar-refractivity contribution in [2.75, 3.05) is 11.1 Å². The van der Waals surface area contributed by atoms with Crippen LogP contribution < -0.4 is 11.1 Å². The van der Waals surface area contributed by atoms with E-state index in [4.69, 9.17) is 5.73 Å². The highest BCUT2D eigenvalue weighted by Gasteiger charge is 2.07. The highest BCUT2D eigenvalue weighted by molar-refractivity contribution is 5.93. The normalized spacial score (nSPS) is 10.7. The van der Waals surface area contributed by atoms with Crippen molar-refractivity contribution >= 4 is 28.0 Å². The first-order chi connectivity index (χ1) is 9.65. The van der Waals surface area contributed by atoms with Crippen LogP contribution in [0.5, 0.6) is 0 Å². The van der Waals surface area contributed by atoms with Gasteiger partial charge < -0.3 is 11.1 Å². The summed E-state index contributed by atoms with van der Waals surface area (Å²) in [7, 11) is 0. The molecule has 0 amide bonds. The van der Waals surface area contributed by atoms with Gasteiger partial charge in [0, 0.05) is 11.6 Å². The van der Waals surface area contributed by atoms with Crippen LogP contribution in [0, 0.1) is 12.7 Å². The Morgan fingerprint density at radius 3 is 2.75 bits per heavy atom. The number of nitrogens with one attached hydrogen (secondary N) is 1. The number of anilines is 3. The monoisotopic (exact) mass is 267 g/mol. The SMILES string of the molecule is Cc1cc(Nc2cccc3cccnc23)c(N)cc1F. The van der Waals surface area contributed by atoms with Crippen LogP contribution in [-0.4, -0.2) is 4.98 Å². The number of para-hydroxylation sites is 1. The minimum atomic E-state index is -0.302. The zero-order valence-corrected chi connectivity index (χ0v) is 11.0. The molecule has 0 saturated carbocycles. The van der Waals surface area contributed by atoms with E-state index >= 15 is 0 Å². The fourth-order valence-electron chi connectivity index (χ4n) is 2.16. The van der Waals surface area contributed by atoms with Crippen molar-refractivity contribution in [1.29, 1.82) is 0 Å². The molecule has 0 aliphatic heterocycles. The van der Waals surface area contributed by atoms with Gasteiger partial charge in [-0.3, -0.25) is 4.98 Å². The van der Waals surface area contributed by atoms with E-state index < -0.39 is 0 Å². The molecule has 0 saturated heterocycles. The van der Waals surface area contributed by atoms with Gasteiger partial charge in [-0.05, 0) is 36.8 Å². The van der Waals surface area contributed by atoms with Crippen molar-refractivity contribution in [2.24, 2.45) is 0 Å². The molecule has 3 aromatic rings. The van der Waals surface area contributed by atoms with Gasteiger partial charge in [-0.1, -0.05) is 18.2 Å². The number of fused-ring (bicyclic) bond motifs is 1. The molecule has 0 radical (unpaired) electrons. The molecular formula is C16H14FN3. The maximum atomic E-state index is 13.4. The van der Waals surface area contributed by atoms with E-state index in [-0.39, 0.29) is 5.82 Å². The molecule has 2 aromatic carbocycles. The summed E-state index contributed by atoms with van der Waals surface area (Å²) in [5.41, 5.74) is 9.17. The van der Waals surface area contributed by atoms with E-state index in [1.165, 1.54) is 6.07 Å². The molecule has 3 rings (SSSR count). The summed E-state index contributed by atoms with van der Waals surface area (Å²) in [5.74, 6) is -0.302. The minimum absolute atomic E-state index is 0.302. The molecule has 3 N–H and O–H groups in total. The Hall–Kier alpha value is -2.62. The summed E-state index contributed by atoms with van der Waals surface area (Å²) in [6, 6.07) is 12.8. The first-order valence-corrected chi connectivity index (χ1v) is 6.31. The van der Waals surface area contributed by atoms with Crippen LogP contribution in [0.3, 0.4) is 0 Å². The average molecular weight is 267 g/mol. The Bertz CT molecular complexity index is 779. The van der Waals surface area contributed by atoms with Gasteiger partial charge in [0.2, 0.25) is 0 Å². The van der Waals surface area contributed by atoms with Gasteiger partial charge in [-0.2, -0.15) is 0 Å². The van der Waals surface area contributed by atoms with E-state index in [0.29, 0.717) is 16.9 Å². The van der Waals surface area contributed by atoms with E-state index in [9.17, 15) is 4.39 Å². The van der Waals surface area contributed by atoms with Crippen LogP contribution in [0.25, 0.3) is 10.9 Å². The van der Waals surface area contributed by atoms with Gasteiger partial charge in [0.1, 0.15) is 5.82 Å². The molecule has 0 aliphatic rings. The molecule has 4 heteroatoms. The highest BCUT2D eigenvalue weighted by Crippen LogP contribution is 2.29. The third-order valence-corrected chi connectivity index (χ3v) is 3.23. The van der Waals surface area contributed by atoms with Crippen LogP contribution in [0.2, 0.25) is 0 Å². The minimum Gasteiger partial charge on any atom is -0.397 e. The van der Waals surface area contributed by atoms with Crippen molar-refractivity contribution in [3.63, 3.8) is 0 Å². The van der Waals surface area contributed by atoms with Crippen molar-refractivity contribution in [3.05, 3.63) is 60.0 Å². The van der Waals surface area contributed by atoms with E-state index in [2.05, 4.69) is 10.3 Å². The predicted octanol–water partition coefficient (Wildman–Crippen LogP) is 4.01. The Balaban J connectivity index is 2.08. The molecule has 1 heterocycles. The van der Waals surface area contributed by atoms with Crippen LogP contribution in [0.15, 0.2) is 48.7 Å². The molecule has 3 nitrogen and oxygen atoms in total. The lowest BCUT2D eigenvalue weighted by molar-refractivity contribution is 0.619. The van der Waals surface area contributed by atoms with Crippen LogP contribution in [0.1, 0.15) is 5.56 Å². The van der Waals surface area contributed by atoms with Gasteiger partial charge >= 0.3 is 0 Å². The van der Waals surface area contributed by atoms with Crippen molar-refractivity contribution < 1.29 is 4.39 Å². The van der Waals surface area contributed by atoms with Crippen molar-refractivity contribution in [2.45, 2.75) is 6.92 Å². The zero-order chi connectivity index (χ0) is 14.1. The van der Waals surface area contributed by atoms with Gasteiger partial charge in [0.15, 0.2) is 0 Å². The molecule has 100 valence electrons. The number of nitrogen functional groups attached to an aromatic ring is 1. The quantitative estimate of drug-likeness (QED) is 0.690. The lowest BCUT2D eigenvalue weighted by Crippen LogP contribution is -1.99. The lowest BCUT2D eigenvalue weighted by atomic mass is 10.1.